The van der Waals surface area contributed by atoms with Crippen LogP contribution in [-0.4, -0.2) is 30.5 Å². The Labute approximate surface area is 200 Å². The van der Waals surface area contributed by atoms with Crippen LogP contribution in [0.4, 0.5) is 0 Å². The number of carbonyl (C=O) groups is 1. The second-order valence-electron chi connectivity index (χ2n) is 9.04. The molecule has 0 radical (unpaired) electrons. The van der Waals surface area contributed by atoms with E-state index in [4.69, 9.17) is 4.74 Å². The molecule has 0 bridgehead atoms. The standard InChI is InChI=1S/C27H32INO2/c1-20-14-24-16-26(28)12-11-22(24)15-25(20)18-29-13-7-3-6-10-23(17-29)27(30)31-19-21-8-4-2-5-9-21/h2,4-5,8-9,11-12,15-16,20,23H,3,6-7,10,13-14,17-19H2,1H3. The fraction of sp³-hybridized carbons (Fsp3) is 0.444. The van der Waals surface area contributed by atoms with Crippen LogP contribution in [0, 0.1) is 15.4 Å². The molecule has 2 unspecified atom stereocenters. The summed E-state index contributed by atoms with van der Waals surface area (Å²) in [4.78, 5) is 15.4. The number of hydrogen-bond acceptors (Lipinski definition) is 3. The summed E-state index contributed by atoms with van der Waals surface area (Å²) in [6, 6.07) is 16.7. The van der Waals surface area contributed by atoms with Gasteiger partial charge in [-0.15, -0.1) is 0 Å². The Morgan fingerprint density at radius 1 is 1.13 bits per heavy atom. The van der Waals surface area contributed by atoms with Crippen LogP contribution in [0.25, 0.3) is 6.08 Å². The summed E-state index contributed by atoms with van der Waals surface area (Å²) in [7, 11) is 0. The molecule has 4 heteroatoms. The first-order valence-corrected chi connectivity index (χ1v) is 12.6. The van der Waals surface area contributed by atoms with Crippen LogP contribution < -0.4 is 0 Å². The van der Waals surface area contributed by atoms with Crippen molar-refractivity contribution in [2.75, 3.05) is 19.6 Å². The molecule has 1 saturated heterocycles. The topological polar surface area (TPSA) is 29.5 Å². The first-order chi connectivity index (χ1) is 15.1. The highest BCUT2D eigenvalue weighted by Crippen LogP contribution is 2.31. The third-order valence-electron chi connectivity index (χ3n) is 6.57. The number of likely N-dealkylation sites (tertiary alicyclic amines) is 1. The number of hydrogen-bond donors (Lipinski definition) is 0. The number of benzene rings is 2. The molecule has 1 fully saturated rings. The summed E-state index contributed by atoms with van der Waals surface area (Å²) in [5.74, 6) is 0.471. The second-order valence-corrected chi connectivity index (χ2v) is 10.3. The quantitative estimate of drug-likeness (QED) is 0.346. The summed E-state index contributed by atoms with van der Waals surface area (Å²) < 4.78 is 7.01. The van der Waals surface area contributed by atoms with Crippen LogP contribution in [0.1, 0.15) is 49.3 Å². The molecule has 0 aromatic heterocycles. The number of ether oxygens (including phenoxy) is 1. The molecule has 164 valence electrons. The van der Waals surface area contributed by atoms with E-state index in [1.807, 2.05) is 30.3 Å². The monoisotopic (exact) mass is 529 g/mol. The molecular weight excluding hydrogens is 497 g/mol. The molecule has 4 rings (SSSR count). The zero-order valence-electron chi connectivity index (χ0n) is 18.4. The Balaban J connectivity index is 1.41. The third-order valence-corrected chi connectivity index (χ3v) is 7.24. The minimum atomic E-state index is -0.0404. The Morgan fingerprint density at radius 2 is 1.97 bits per heavy atom. The van der Waals surface area contributed by atoms with Gasteiger partial charge in [0.2, 0.25) is 0 Å². The minimum Gasteiger partial charge on any atom is -0.461 e. The van der Waals surface area contributed by atoms with Crippen molar-refractivity contribution >= 4 is 34.6 Å². The van der Waals surface area contributed by atoms with Gasteiger partial charge in [0.15, 0.2) is 0 Å². The van der Waals surface area contributed by atoms with Gasteiger partial charge >= 0.3 is 5.97 Å². The van der Waals surface area contributed by atoms with Crippen molar-refractivity contribution in [2.24, 2.45) is 11.8 Å². The van der Waals surface area contributed by atoms with Crippen molar-refractivity contribution in [1.82, 2.24) is 4.90 Å². The van der Waals surface area contributed by atoms with Crippen LogP contribution in [0.3, 0.4) is 0 Å². The van der Waals surface area contributed by atoms with Crippen LogP contribution in [0.5, 0.6) is 0 Å². The lowest BCUT2D eigenvalue weighted by Gasteiger charge is -2.32. The van der Waals surface area contributed by atoms with Crippen molar-refractivity contribution in [3.63, 3.8) is 0 Å². The van der Waals surface area contributed by atoms with E-state index >= 15 is 0 Å². The Hall–Kier alpha value is -1.66. The van der Waals surface area contributed by atoms with Crippen molar-refractivity contribution < 1.29 is 9.53 Å². The summed E-state index contributed by atoms with van der Waals surface area (Å²) in [5.41, 5.74) is 5.36. The Morgan fingerprint density at radius 3 is 2.81 bits per heavy atom. The molecule has 0 N–H and O–H groups in total. The maximum Gasteiger partial charge on any atom is 0.310 e. The first kappa shape index (κ1) is 22.5. The van der Waals surface area contributed by atoms with Gasteiger partial charge in [-0.25, -0.2) is 0 Å². The maximum atomic E-state index is 12.9. The molecule has 31 heavy (non-hydrogen) atoms. The normalized spacial score (nSPS) is 22.1. The van der Waals surface area contributed by atoms with E-state index in [0.29, 0.717) is 12.5 Å². The molecule has 1 aliphatic heterocycles. The number of fused-ring (bicyclic) bond motifs is 1. The predicted molar refractivity (Wildman–Crippen MR) is 135 cm³/mol. The van der Waals surface area contributed by atoms with Crippen LogP contribution >= 0.6 is 22.6 Å². The van der Waals surface area contributed by atoms with E-state index in [9.17, 15) is 4.79 Å². The molecule has 2 aliphatic rings. The second kappa shape index (κ2) is 10.8. The summed E-state index contributed by atoms with van der Waals surface area (Å²) in [5, 5.41) is 0. The van der Waals surface area contributed by atoms with E-state index in [0.717, 1.165) is 44.5 Å². The highest BCUT2D eigenvalue weighted by atomic mass is 127. The number of nitrogens with zero attached hydrogens (tertiary/aromatic N) is 1. The van der Waals surface area contributed by atoms with Gasteiger partial charge in [-0.1, -0.05) is 67.8 Å². The Kier molecular flexibility index (Phi) is 7.83. The minimum absolute atomic E-state index is 0.0302. The summed E-state index contributed by atoms with van der Waals surface area (Å²) in [6.45, 7) is 5.52. The van der Waals surface area contributed by atoms with Gasteiger partial charge in [0.1, 0.15) is 6.61 Å². The van der Waals surface area contributed by atoms with Crippen molar-refractivity contribution in [3.05, 3.63) is 74.4 Å². The van der Waals surface area contributed by atoms with E-state index in [1.54, 1.807) is 0 Å². The summed E-state index contributed by atoms with van der Waals surface area (Å²) in [6.07, 6.45) is 7.94. The van der Waals surface area contributed by atoms with Gasteiger partial charge < -0.3 is 4.74 Å². The largest absolute Gasteiger partial charge is 0.461 e. The fourth-order valence-corrected chi connectivity index (χ4v) is 5.29. The molecule has 0 spiro atoms. The number of halogens is 1. The highest BCUT2D eigenvalue weighted by Gasteiger charge is 2.27. The molecule has 2 aromatic carbocycles. The molecule has 0 amide bonds. The lowest BCUT2D eigenvalue weighted by Crippen LogP contribution is -2.38. The smallest absolute Gasteiger partial charge is 0.310 e. The molecular formula is C27H32INO2. The lowest BCUT2D eigenvalue weighted by molar-refractivity contribution is -0.151. The van der Waals surface area contributed by atoms with Gasteiger partial charge in [-0.2, -0.15) is 0 Å². The maximum absolute atomic E-state index is 12.9. The van der Waals surface area contributed by atoms with E-state index in [1.165, 1.54) is 33.1 Å². The lowest BCUT2D eigenvalue weighted by atomic mass is 9.84. The highest BCUT2D eigenvalue weighted by molar-refractivity contribution is 14.1. The molecule has 3 nitrogen and oxygen atoms in total. The van der Waals surface area contributed by atoms with Crippen LogP contribution in [-0.2, 0) is 22.6 Å². The van der Waals surface area contributed by atoms with Crippen molar-refractivity contribution in [1.29, 1.82) is 0 Å². The van der Waals surface area contributed by atoms with Gasteiger partial charge in [0, 0.05) is 16.7 Å². The van der Waals surface area contributed by atoms with E-state index in [2.05, 4.69) is 58.7 Å². The predicted octanol–water partition coefficient (Wildman–Crippen LogP) is 6.10. The molecule has 2 atom stereocenters. The number of esters is 1. The van der Waals surface area contributed by atoms with Gasteiger partial charge in [0.25, 0.3) is 0 Å². The number of rotatable bonds is 5. The zero-order chi connectivity index (χ0) is 21.6. The summed E-state index contributed by atoms with van der Waals surface area (Å²) >= 11 is 2.40. The van der Waals surface area contributed by atoms with Gasteiger partial charge in [-0.3, -0.25) is 9.69 Å². The van der Waals surface area contributed by atoms with E-state index in [-0.39, 0.29) is 11.9 Å². The zero-order valence-corrected chi connectivity index (χ0v) is 20.5. The van der Waals surface area contributed by atoms with Gasteiger partial charge in [0.05, 0.1) is 5.92 Å². The van der Waals surface area contributed by atoms with Crippen molar-refractivity contribution in [2.45, 2.75) is 45.6 Å². The molecule has 2 aromatic rings. The number of carbonyl (C=O) groups excluding carboxylic acids is 1. The Bertz CT molecular complexity index is 924. The van der Waals surface area contributed by atoms with Crippen LogP contribution in [0.15, 0.2) is 54.1 Å². The average Bonchev–Trinajstić information content (AvgIpc) is 2.75. The fourth-order valence-electron chi connectivity index (χ4n) is 4.73. The third kappa shape index (κ3) is 6.19. The average molecular weight is 529 g/mol. The molecule has 1 heterocycles. The first-order valence-electron chi connectivity index (χ1n) is 11.5. The van der Waals surface area contributed by atoms with Crippen molar-refractivity contribution in [3.8, 4) is 0 Å². The van der Waals surface area contributed by atoms with Crippen LogP contribution in [0.2, 0.25) is 0 Å². The van der Waals surface area contributed by atoms with E-state index < -0.39 is 0 Å². The van der Waals surface area contributed by atoms with Gasteiger partial charge in [-0.05, 0) is 83.1 Å². The molecule has 0 saturated carbocycles. The molecule has 1 aliphatic carbocycles. The SMILES string of the molecule is CC1Cc2cc(I)ccc2C=C1CN1CCCCCC(C(=O)OCc2ccccc2)C1.